The van der Waals surface area contributed by atoms with Crippen LogP contribution in [0.15, 0.2) is 107 Å². The molecule has 5 rings (SSSR count). The zero-order valence-corrected chi connectivity index (χ0v) is 26.0. The second kappa shape index (κ2) is 12.7. The molecular weight excluding hydrogens is 642 g/mol. The summed E-state index contributed by atoms with van der Waals surface area (Å²) in [6.07, 6.45) is 0.528. The molecule has 0 radical (unpaired) electrons. The summed E-state index contributed by atoms with van der Waals surface area (Å²) < 4.78 is 29.5. The highest BCUT2D eigenvalue weighted by molar-refractivity contribution is 8.14. The summed E-state index contributed by atoms with van der Waals surface area (Å²) >= 11 is 18.8. The number of carbonyl (C=O) groups excluding carboxylic acids is 2. The highest BCUT2D eigenvalue weighted by Gasteiger charge is 2.56. The van der Waals surface area contributed by atoms with Gasteiger partial charge in [-0.15, -0.1) is 0 Å². The number of β-lactam (4-membered cyclic amide) rings is 1. The van der Waals surface area contributed by atoms with Crippen molar-refractivity contribution >= 4 is 76.4 Å². The van der Waals surface area contributed by atoms with Crippen LogP contribution < -0.4 is 9.83 Å². The Balaban J connectivity index is 1.47. The number of hydrogen-bond acceptors (Lipinski definition) is 8. The lowest BCUT2D eigenvalue weighted by atomic mass is 10.1. The van der Waals surface area contributed by atoms with Gasteiger partial charge in [-0.2, -0.15) is 0 Å². The normalized spacial score (nSPS) is 20.0. The van der Waals surface area contributed by atoms with Crippen LogP contribution in [0.25, 0.3) is 0 Å². The molecule has 1 amide bonds. The van der Waals surface area contributed by atoms with Crippen LogP contribution in [0, 0.1) is 0 Å². The van der Waals surface area contributed by atoms with E-state index in [9.17, 15) is 14.2 Å². The van der Waals surface area contributed by atoms with Crippen LogP contribution in [0.2, 0.25) is 0 Å². The third-order valence-corrected chi connectivity index (χ3v) is 9.64. The van der Waals surface area contributed by atoms with E-state index in [2.05, 4.69) is 4.99 Å². The summed E-state index contributed by atoms with van der Waals surface area (Å²) in [6.45, 7) is 0.811. The molecule has 8 nitrogen and oxygen atoms in total. The van der Waals surface area contributed by atoms with E-state index in [1.165, 1.54) is 23.6 Å². The molecule has 3 atom stereocenters. The number of nitrogens with zero attached hydrogens (tertiary/aromatic N) is 2. The fourth-order valence-corrected chi connectivity index (χ4v) is 7.43. The van der Waals surface area contributed by atoms with Crippen LogP contribution in [-0.4, -0.2) is 43.6 Å². The molecule has 1 saturated heterocycles. The van der Waals surface area contributed by atoms with Gasteiger partial charge in [-0.05, 0) is 36.8 Å². The van der Waals surface area contributed by atoms with Gasteiger partial charge in [0.15, 0.2) is 11.7 Å². The molecule has 2 aliphatic heterocycles. The van der Waals surface area contributed by atoms with Gasteiger partial charge < -0.3 is 13.8 Å². The summed E-state index contributed by atoms with van der Waals surface area (Å²) in [4.78, 5) is 32.6. The standard InChI is InChI=1S/C29H24Cl3N2O6PS/c1-19(39-41(37,22-15-9-4-10-16-22)40-21-13-7-3-8-14-21)25(28(36)38-18-29(30,31)32)34-26(35)24-27(34)42-23(33-24)17-20-11-5-2-6-12-20/h2-16,24,27H,17-18H2,1H3. The fraction of sp³-hybridized carbons (Fsp3) is 0.207. The van der Waals surface area contributed by atoms with Crippen molar-refractivity contribution in [2.45, 2.75) is 28.6 Å². The Kier molecular flexibility index (Phi) is 9.26. The van der Waals surface area contributed by atoms with Crippen LogP contribution in [0.1, 0.15) is 12.5 Å². The first kappa shape index (κ1) is 30.5. The van der Waals surface area contributed by atoms with Gasteiger partial charge in [-0.3, -0.25) is 14.7 Å². The molecule has 1 fully saturated rings. The lowest BCUT2D eigenvalue weighted by Gasteiger charge is -2.41. The minimum atomic E-state index is -4.14. The summed E-state index contributed by atoms with van der Waals surface area (Å²) in [5.74, 6) is -1.33. The molecule has 0 aliphatic carbocycles. The van der Waals surface area contributed by atoms with Crippen molar-refractivity contribution in [1.82, 2.24) is 4.90 Å². The van der Waals surface area contributed by atoms with Crippen LogP contribution in [0.3, 0.4) is 0 Å². The summed E-state index contributed by atoms with van der Waals surface area (Å²) in [5.41, 5.74) is 0.746. The Morgan fingerprint density at radius 1 is 0.976 bits per heavy atom. The number of thioether (sulfide) groups is 1. The molecule has 42 heavy (non-hydrogen) atoms. The average Bonchev–Trinajstić information content (AvgIpc) is 3.34. The quantitative estimate of drug-likeness (QED) is 0.0596. The van der Waals surface area contributed by atoms with E-state index < -0.39 is 41.3 Å². The third-order valence-electron chi connectivity index (χ3n) is 6.19. The number of hydrogen-bond donors (Lipinski definition) is 0. The number of aliphatic imine (C=N–C) groups is 1. The maximum absolute atomic E-state index is 14.3. The Hall–Kier alpha value is -2.94. The number of para-hydroxylation sites is 1. The lowest BCUT2D eigenvalue weighted by Crippen LogP contribution is -2.61. The van der Waals surface area contributed by atoms with Gasteiger partial charge in [0.05, 0.1) is 10.3 Å². The zero-order chi connectivity index (χ0) is 29.9. The number of benzene rings is 3. The number of allylic oxidation sites excluding steroid dienone is 1. The van der Waals surface area contributed by atoms with Gasteiger partial charge >= 0.3 is 13.6 Å². The predicted molar refractivity (Wildman–Crippen MR) is 165 cm³/mol. The molecule has 3 unspecified atom stereocenters. The smallest absolute Gasteiger partial charge is 0.456 e. The number of amides is 1. The maximum Gasteiger partial charge on any atom is 0.462 e. The van der Waals surface area contributed by atoms with Gasteiger partial charge in [-0.25, -0.2) is 9.36 Å². The van der Waals surface area contributed by atoms with Crippen LogP contribution >= 0.6 is 54.2 Å². The van der Waals surface area contributed by atoms with Gasteiger partial charge in [-0.1, -0.05) is 113 Å². The molecule has 218 valence electrons. The van der Waals surface area contributed by atoms with Crippen molar-refractivity contribution in [3.63, 3.8) is 0 Å². The molecular formula is C29H24Cl3N2O6PS. The van der Waals surface area contributed by atoms with Gasteiger partial charge in [0.25, 0.3) is 5.91 Å². The molecule has 3 aromatic rings. The van der Waals surface area contributed by atoms with Crippen molar-refractivity contribution < 1.29 is 27.9 Å². The van der Waals surface area contributed by atoms with Crippen molar-refractivity contribution in [3.8, 4) is 5.75 Å². The number of fused-ring (bicyclic) bond motifs is 1. The Morgan fingerprint density at radius 2 is 1.57 bits per heavy atom. The monoisotopic (exact) mass is 664 g/mol. The Bertz CT molecular complexity index is 1570. The minimum absolute atomic E-state index is 0.170. The Labute approximate surface area is 262 Å². The van der Waals surface area contributed by atoms with E-state index in [-0.39, 0.29) is 22.5 Å². The van der Waals surface area contributed by atoms with Gasteiger partial charge in [0.1, 0.15) is 23.5 Å². The molecule has 0 saturated carbocycles. The van der Waals surface area contributed by atoms with Crippen LogP contribution in [0.4, 0.5) is 0 Å². The molecule has 0 spiro atoms. The minimum Gasteiger partial charge on any atom is -0.456 e. The van der Waals surface area contributed by atoms with E-state index in [0.29, 0.717) is 6.42 Å². The number of likely N-dealkylation sites (tertiary alicyclic amines) is 1. The van der Waals surface area contributed by atoms with Crippen LogP contribution in [-0.2, 0) is 29.8 Å². The topological polar surface area (TPSA) is 94.5 Å². The van der Waals surface area contributed by atoms with E-state index >= 15 is 0 Å². The van der Waals surface area contributed by atoms with E-state index in [4.69, 9.17) is 48.6 Å². The number of rotatable bonds is 10. The Morgan fingerprint density at radius 3 is 2.19 bits per heavy atom. The number of halogens is 3. The van der Waals surface area contributed by atoms with Crippen molar-refractivity contribution in [3.05, 3.63) is 108 Å². The average molecular weight is 666 g/mol. The molecule has 0 bridgehead atoms. The molecule has 3 aromatic carbocycles. The first-order valence-electron chi connectivity index (χ1n) is 12.7. The second-order valence-electron chi connectivity index (χ2n) is 9.27. The predicted octanol–water partition coefficient (Wildman–Crippen LogP) is 6.67. The highest BCUT2D eigenvalue weighted by atomic mass is 35.6. The summed E-state index contributed by atoms with van der Waals surface area (Å²) in [6, 6.07) is 25.7. The van der Waals surface area contributed by atoms with Crippen LogP contribution in [0.5, 0.6) is 5.75 Å². The summed E-state index contributed by atoms with van der Waals surface area (Å²) in [5, 5.41) is 0.428. The number of alkyl halides is 3. The van der Waals surface area contributed by atoms with E-state index in [1.54, 1.807) is 60.7 Å². The fourth-order valence-electron chi connectivity index (χ4n) is 4.31. The van der Waals surface area contributed by atoms with E-state index in [1.807, 2.05) is 30.3 Å². The van der Waals surface area contributed by atoms with E-state index in [0.717, 1.165) is 10.6 Å². The number of ether oxygens (including phenoxy) is 1. The molecule has 2 heterocycles. The maximum atomic E-state index is 14.3. The van der Waals surface area contributed by atoms with Gasteiger partial charge in [0.2, 0.25) is 3.79 Å². The van der Waals surface area contributed by atoms with Crippen molar-refractivity contribution in [1.29, 1.82) is 0 Å². The largest absolute Gasteiger partial charge is 0.462 e. The van der Waals surface area contributed by atoms with Crippen molar-refractivity contribution in [2.24, 2.45) is 4.99 Å². The van der Waals surface area contributed by atoms with Crippen molar-refractivity contribution in [2.75, 3.05) is 6.61 Å². The number of esters is 1. The zero-order valence-electron chi connectivity index (χ0n) is 22.1. The first-order valence-corrected chi connectivity index (χ1v) is 16.2. The second-order valence-corrected chi connectivity index (χ2v) is 14.9. The molecule has 0 N–H and O–H groups in total. The SMILES string of the molecule is CC(OP(=O)(Oc1ccccc1)c1ccccc1)=C(C(=O)OCC(Cl)(Cl)Cl)N1C(=O)C2N=C(Cc3ccccc3)SC21. The molecule has 2 aliphatic rings. The third kappa shape index (κ3) is 6.99. The highest BCUT2D eigenvalue weighted by Crippen LogP contribution is 2.51. The molecule has 13 heteroatoms. The lowest BCUT2D eigenvalue weighted by molar-refractivity contribution is -0.150. The summed E-state index contributed by atoms with van der Waals surface area (Å²) in [7, 11) is -4.14. The van der Waals surface area contributed by atoms with Gasteiger partial charge in [0, 0.05) is 6.42 Å². The molecule has 0 aromatic heterocycles. The first-order chi connectivity index (χ1) is 20.0. The number of carbonyl (C=O) groups is 2.